The second-order valence-electron chi connectivity index (χ2n) is 1.36. The molecule has 1 rings (SSSR count). The highest BCUT2D eigenvalue weighted by Crippen LogP contribution is 1.95. The van der Waals surface area contributed by atoms with Crippen LogP contribution in [0, 0.1) is 13.8 Å². The summed E-state index contributed by atoms with van der Waals surface area (Å²) in [6, 6.07) is 0. The van der Waals surface area contributed by atoms with E-state index in [0.717, 1.165) is 0 Å². The van der Waals surface area contributed by atoms with E-state index in [-0.39, 0.29) is 0 Å². The van der Waals surface area contributed by atoms with Crippen LogP contribution < -0.4 is 0 Å². The molecule has 0 aliphatic carbocycles. The van der Waals surface area contributed by atoms with E-state index < -0.39 is 0 Å². The van der Waals surface area contributed by atoms with Crippen molar-refractivity contribution in [3.05, 3.63) is 24.8 Å². The van der Waals surface area contributed by atoms with E-state index in [4.69, 9.17) is 4.42 Å². The molecule has 0 saturated carbocycles. The average Bonchev–Trinajstić information content (AvgIpc) is 1.87. The third-order valence-corrected chi connectivity index (χ3v) is 0.667. The predicted octanol–water partition coefficient (Wildman–Crippen LogP) is 1.17. The van der Waals surface area contributed by atoms with Gasteiger partial charge in [0.1, 0.15) is 6.26 Å². The molecule has 0 saturated heterocycles. The lowest BCUT2D eigenvalue weighted by Crippen LogP contribution is -1.67. The number of hydrogen-bond acceptors (Lipinski definition) is 2. The lowest BCUT2D eigenvalue weighted by atomic mass is 10.6. The van der Waals surface area contributed by atoms with Crippen molar-refractivity contribution in [3.8, 4) is 0 Å². The first-order valence-corrected chi connectivity index (χ1v) is 2.03. The fourth-order valence-electron chi connectivity index (χ4n) is 0.408. The van der Waals surface area contributed by atoms with Gasteiger partial charge < -0.3 is 4.42 Å². The van der Waals surface area contributed by atoms with Crippen molar-refractivity contribution < 1.29 is 4.42 Å². The van der Waals surface area contributed by atoms with Crippen LogP contribution in [0.25, 0.3) is 0 Å². The first kappa shape index (κ1) is 4.37. The Kier molecular flexibility index (Phi) is 0.855. The molecule has 0 fully saturated rings. The van der Waals surface area contributed by atoms with Crippen molar-refractivity contribution in [2.45, 2.75) is 6.92 Å². The van der Waals surface area contributed by atoms with Crippen LogP contribution in [0.1, 0.15) is 11.6 Å². The van der Waals surface area contributed by atoms with Crippen molar-refractivity contribution in [2.75, 3.05) is 0 Å². The molecule has 0 bridgehead atoms. The third-order valence-electron chi connectivity index (χ3n) is 0.667. The van der Waals surface area contributed by atoms with Crippen molar-refractivity contribution in [1.29, 1.82) is 0 Å². The van der Waals surface area contributed by atoms with Crippen LogP contribution in [0.15, 0.2) is 10.7 Å². The molecule has 0 aliphatic heterocycles. The Morgan fingerprint density at radius 1 is 1.86 bits per heavy atom. The van der Waals surface area contributed by atoms with Crippen LogP contribution in [-0.2, 0) is 0 Å². The number of oxazole rings is 1. The van der Waals surface area contributed by atoms with Gasteiger partial charge in [-0.05, 0) is 6.92 Å². The Balaban J connectivity index is 3.04. The molecule has 37 valence electrons. The summed E-state index contributed by atoms with van der Waals surface area (Å²) in [7, 11) is 0. The Labute approximate surface area is 42.2 Å². The van der Waals surface area contributed by atoms with E-state index >= 15 is 0 Å². The lowest BCUT2D eigenvalue weighted by molar-refractivity contribution is 0.521. The standard InChI is InChI=1S/C5H6NO/c1-4-3-7-5(2)6-4/h3H,1H2,2H3. The van der Waals surface area contributed by atoms with Gasteiger partial charge >= 0.3 is 0 Å². The minimum Gasteiger partial charge on any atom is -0.449 e. The summed E-state index contributed by atoms with van der Waals surface area (Å²) < 4.78 is 4.79. The maximum Gasteiger partial charge on any atom is 0.191 e. The molecule has 0 atom stereocenters. The molecule has 0 aromatic carbocycles. The highest BCUT2D eigenvalue weighted by atomic mass is 16.3. The van der Waals surface area contributed by atoms with Crippen LogP contribution in [0.5, 0.6) is 0 Å². The SMILES string of the molecule is [CH2]c1coc(C)n1. The molecule has 2 heteroatoms. The fourth-order valence-corrected chi connectivity index (χ4v) is 0.408. The van der Waals surface area contributed by atoms with E-state index in [2.05, 4.69) is 11.9 Å². The summed E-state index contributed by atoms with van der Waals surface area (Å²) in [6.07, 6.45) is 1.52. The molecule has 1 aromatic heterocycles. The highest BCUT2D eigenvalue weighted by molar-refractivity contribution is 4.97. The Hall–Kier alpha value is -0.790. The third kappa shape index (κ3) is 0.796. The molecule has 0 unspecified atom stereocenters. The van der Waals surface area contributed by atoms with Crippen LogP contribution in [0.2, 0.25) is 0 Å². The molecule has 0 aliphatic rings. The quantitative estimate of drug-likeness (QED) is 0.484. The van der Waals surface area contributed by atoms with Gasteiger partial charge in [-0.25, -0.2) is 4.98 Å². The molecular formula is C5H6NO. The van der Waals surface area contributed by atoms with Gasteiger partial charge in [-0.3, -0.25) is 0 Å². The molecule has 0 amide bonds. The normalized spacial score (nSPS) is 9.43. The van der Waals surface area contributed by atoms with Crippen molar-refractivity contribution in [2.24, 2.45) is 0 Å². The second-order valence-corrected chi connectivity index (χ2v) is 1.36. The van der Waals surface area contributed by atoms with Gasteiger partial charge in [0.05, 0.1) is 5.69 Å². The van der Waals surface area contributed by atoms with Gasteiger partial charge in [0, 0.05) is 6.92 Å². The molecule has 1 heterocycles. The van der Waals surface area contributed by atoms with Crippen LogP contribution in [0.3, 0.4) is 0 Å². The van der Waals surface area contributed by atoms with Gasteiger partial charge in [0.2, 0.25) is 0 Å². The summed E-state index contributed by atoms with van der Waals surface area (Å²) >= 11 is 0. The highest BCUT2D eigenvalue weighted by Gasteiger charge is 1.87. The number of rotatable bonds is 0. The first-order valence-electron chi connectivity index (χ1n) is 2.03. The van der Waals surface area contributed by atoms with E-state index in [1.54, 1.807) is 6.92 Å². The summed E-state index contributed by atoms with van der Waals surface area (Å²) in [4.78, 5) is 3.83. The summed E-state index contributed by atoms with van der Waals surface area (Å²) in [5.74, 6) is 0.671. The predicted molar refractivity (Wildman–Crippen MR) is 25.7 cm³/mol. The molecule has 1 radical (unpaired) electrons. The largest absolute Gasteiger partial charge is 0.449 e. The minimum atomic E-state index is 0.671. The molecule has 0 spiro atoms. The van der Waals surface area contributed by atoms with Crippen molar-refractivity contribution in [1.82, 2.24) is 4.98 Å². The minimum absolute atomic E-state index is 0.671. The Bertz CT molecular complexity index is 140. The average molecular weight is 96.1 g/mol. The summed E-state index contributed by atoms with van der Waals surface area (Å²) in [5, 5.41) is 0. The van der Waals surface area contributed by atoms with E-state index in [1.165, 1.54) is 6.26 Å². The first-order chi connectivity index (χ1) is 3.29. The van der Waals surface area contributed by atoms with Gasteiger partial charge in [-0.2, -0.15) is 0 Å². The number of aromatic nitrogens is 1. The topological polar surface area (TPSA) is 26.0 Å². The maximum absolute atomic E-state index is 4.79. The Morgan fingerprint density at radius 2 is 2.57 bits per heavy atom. The van der Waals surface area contributed by atoms with E-state index in [9.17, 15) is 0 Å². The fraction of sp³-hybridized carbons (Fsp3) is 0.200. The van der Waals surface area contributed by atoms with Gasteiger partial charge in [-0.15, -0.1) is 0 Å². The van der Waals surface area contributed by atoms with Gasteiger partial charge in [0.25, 0.3) is 0 Å². The zero-order valence-electron chi connectivity index (χ0n) is 4.14. The zero-order chi connectivity index (χ0) is 5.28. The van der Waals surface area contributed by atoms with Crippen LogP contribution in [-0.4, -0.2) is 4.98 Å². The number of aryl methyl sites for hydroxylation is 1. The van der Waals surface area contributed by atoms with Gasteiger partial charge in [-0.1, -0.05) is 0 Å². The second kappa shape index (κ2) is 1.37. The number of hydrogen-bond donors (Lipinski definition) is 0. The molecular weight excluding hydrogens is 90.1 g/mol. The summed E-state index contributed by atoms with van der Waals surface area (Å²) in [6.45, 7) is 5.32. The molecule has 7 heavy (non-hydrogen) atoms. The Morgan fingerprint density at radius 3 is 2.71 bits per heavy atom. The zero-order valence-corrected chi connectivity index (χ0v) is 4.14. The van der Waals surface area contributed by atoms with Crippen LogP contribution >= 0.6 is 0 Å². The summed E-state index contributed by atoms with van der Waals surface area (Å²) in [5.41, 5.74) is 0.692. The molecule has 0 N–H and O–H groups in total. The van der Waals surface area contributed by atoms with Gasteiger partial charge in [0.15, 0.2) is 5.89 Å². The monoisotopic (exact) mass is 96.0 g/mol. The smallest absolute Gasteiger partial charge is 0.191 e. The van der Waals surface area contributed by atoms with E-state index in [0.29, 0.717) is 11.6 Å². The molecule has 1 aromatic rings. The van der Waals surface area contributed by atoms with Crippen molar-refractivity contribution >= 4 is 0 Å². The van der Waals surface area contributed by atoms with E-state index in [1.807, 2.05) is 0 Å². The lowest BCUT2D eigenvalue weighted by Gasteiger charge is -1.68. The molecule has 2 nitrogen and oxygen atoms in total. The maximum atomic E-state index is 4.79. The van der Waals surface area contributed by atoms with Crippen molar-refractivity contribution in [3.63, 3.8) is 0 Å². The van der Waals surface area contributed by atoms with Crippen LogP contribution in [0.4, 0.5) is 0 Å². The number of nitrogens with zero attached hydrogens (tertiary/aromatic N) is 1.